The summed E-state index contributed by atoms with van der Waals surface area (Å²) in [7, 11) is 0. The number of piperidine rings is 1. The fourth-order valence-electron chi connectivity index (χ4n) is 3.63. The highest BCUT2D eigenvalue weighted by Gasteiger charge is 2.16. The number of rotatable bonds is 7. The number of carbonyl (C=O) groups is 2. The standard InChI is InChI=1S/C22H31N5O2/c1-16-13-19(24-22(29)17(2)14-27-12-9-23-18(27)3)7-8-20(16)25-21(28)15-26-10-5-4-6-11-26/h7-9,12-13,17H,4-6,10-11,14-15H2,1-3H3,(H,24,29)(H,25,28)/t17-/m1/s1. The Hall–Kier alpha value is -2.67. The van der Waals surface area contributed by atoms with Gasteiger partial charge in [0.1, 0.15) is 5.82 Å². The number of aryl methyl sites for hydroxylation is 2. The van der Waals surface area contributed by atoms with Gasteiger partial charge in [-0.2, -0.15) is 0 Å². The third-order valence-electron chi connectivity index (χ3n) is 5.43. The Morgan fingerprint density at radius 2 is 1.90 bits per heavy atom. The van der Waals surface area contributed by atoms with E-state index >= 15 is 0 Å². The molecule has 2 aromatic rings. The third kappa shape index (κ3) is 5.90. The fourth-order valence-corrected chi connectivity index (χ4v) is 3.63. The first kappa shape index (κ1) is 21.0. The zero-order valence-corrected chi connectivity index (χ0v) is 17.6. The predicted octanol–water partition coefficient (Wildman–Crippen LogP) is 3.20. The molecule has 0 saturated carbocycles. The van der Waals surface area contributed by atoms with Gasteiger partial charge in [0.05, 0.1) is 12.5 Å². The highest BCUT2D eigenvalue weighted by atomic mass is 16.2. The summed E-state index contributed by atoms with van der Waals surface area (Å²) < 4.78 is 1.97. The van der Waals surface area contributed by atoms with Gasteiger partial charge < -0.3 is 15.2 Å². The Labute approximate surface area is 172 Å². The first-order valence-corrected chi connectivity index (χ1v) is 10.3. The molecule has 1 atom stereocenters. The second-order valence-corrected chi connectivity index (χ2v) is 7.93. The maximum Gasteiger partial charge on any atom is 0.238 e. The summed E-state index contributed by atoms with van der Waals surface area (Å²) in [4.78, 5) is 31.2. The monoisotopic (exact) mass is 397 g/mol. The maximum atomic E-state index is 12.5. The van der Waals surface area contributed by atoms with Crippen LogP contribution in [-0.2, 0) is 16.1 Å². The molecule has 2 N–H and O–H groups in total. The molecular weight excluding hydrogens is 366 g/mol. The van der Waals surface area contributed by atoms with Crippen molar-refractivity contribution in [1.82, 2.24) is 14.5 Å². The molecule has 1 saturated heterocycles. The average molecular weight is 398 g/mol. The lowest BCUT2D eigenvalue weighted by atomic mass is 10.1. The number of likely N-dealkylation sites (tertiary alicyclic amines) is 1. The van der Waals surface area contributed by atoms with E-state index in [0.717, 1.165) is 35.9 Å². The normalized spacial score (nSPS) is 15.7. The maximum absolute atomic E-state index is 12.5. The van der Waals surface area contributed by atoms with Crippen LogP contribution in [0.1, 0.15) is 37.6 Å². The van der Waals surface area contributed by atoms with E-state index in [0.29, 0.717) is 13.1 Å². The van der Waals surface area contributed by atoms with Gasteiger partial charge in [-0.3, -0.25) is 14.5 Å². The number of anilines is 2. The van der Waals surface area contributed by atoms with Crippen LogP contribution in [0.4, 0.5) is 11.4 Å². The number of benzene rings is 1. The van der Waals surface area contributed by atoms with Crippen molar-refractivity contribution in [3.63, 3.8) is 0 Å². The Morgan fingerprint density at radius 1 is 1.14 bits per heavy atom. The molecule has 0 unspecified atom stereocenters. The molecule has 3 rings (SSSR count). The molecule has 2 amide bonds. The summed E-state index contributed by atoms with van der Waals surface area (Å²) in [6, 6.07) is 5.57. The van der Waals surface area contributed by atoms with Gasteiger partial charge in [-0.1, -0.05) is 13.3 Å². The van der Waals surface area contributed by atoms with Crippen molar-refractivity contribution in [3.05, 3.63) is 42.0 Å². The van der Waals surface area contributed by atoms with Crippen LogP contribution in [-0.4, -0.2) is 45.9 Å². The van der Waals surface area contributed by atoms with Gasteiger partial charge in [0, 0.05) is 30.3 Å². The molecule has 0 radical (unpaired) electrons. The predicted molar refractivity (Wildman–Crippen MR) is 115 cm³/mol. The zero-order chi connectivity index (χ0) is 20.8. The molecule has 7 nitrogen and oxygen atoms in total. The van der Waals surface area contributed by atoms with E-state index < -0.39 is 0 Å². The summed E-state index contributed by atoms with van der Waals surface area (Å²) in [6.07, 6.45) is 7.20. The molecular formula is C22H31N5O2. The van der Waals surface area contributed by atoms with Crippen LogP contribution in [0.5, 0.6) is 0 Å². The molecule has 1 aliphatic rings. The number of hydrogen-bond donors (Lipinski definition) is 2. The van der Waals surface area contributed by atoms with E-state index in [-0.39, 0.29) is 17.7 Å². The molecule has 1 fully saturated rings. The number of aromatic nitrogens is 2. The van der Waals surface area contributed by atoms with Crippen molar-refractivity contribution in [2.75, 3.05) is 30.3 Å². The zero-order valence-electron chi connectivity index (χ0n) is 17.6. The molecule has 156 valence electrons. The average Bonchev–Trinajstić information content (AvgIpc) is 3.09. The van der Waals surface area contributed by atoms with E-state index in [1.807, 2.05) is 49.7 Å². The summed E-state index contributed by atoms with van der Waals surface area (Å²) >= 11 is 0. The van der Waals surface area contributed by atoms with Crippen LogP contribution in [0.2, 0.25) is 0 Å². The molecule has 7 heteroatoms. The van der Waals surface area contributed by atoms with Crippen LogP contribution in [0.25, 0.3) is 0 Å². The van der Waals surface area contributed by atoms with E-state index in [9.17, 15) is 9.59 Å². The van der Waals surface area contributed by atoms with E-state index in [4.69, 9.17) is 0 Å². The highest BCUT2D eigenvalue weighted by Crippen LogP contribution is 2.21. The van der Waals surface area contributed by atoms with Crippen molar-refractivity contribution in [2.45, 2.75) is 46.6 Å². The van der Waals surface area contributed by atoms with E-state index in [2.05, 4.69) is 20.5 Å². The topological polar surface area (TPSA) is 79.3 Å². The summed E-state index contributed by atoms with van der Waals surface area (Å²) in [6.45, 7) is 8.76. The minimum absolute atomic E-state index is 0.0103. The summed E-state index contributed by atoms with van der Waals surface area (Å²) in [5, 5.41) is 5.96. The molecule has 1 aromatic carbocycles. The Kier molecular flexibility index (Phi) is 7.04. The number of nitrogens with zero attached hydrogens (tertiary/aromatic N) is 3. The van der Waals surface area contributed by atoms with Gasteiger partial charge in [0.15, 0.2) is 0 Å². The lowest BCUT2D eigenvalue weighted by Gasteiger charge is -2.25. The van der Waals surface area contributed by atoms with Crippen LogP contribution in [0, 0.1) is 19.8 Å². The molecule has 1 aromatic heterocycles. The highest BCUT2D eigenvalue weighted by molar-refractivity contribution is 5.95. The van der Waals surface area contributed by atoms with Gasteiger partial charge in [0.2, 0.25) is 11.8 Å². The second-order valence-electron chi connectivity index (χ2n) is 7.93. The van der Waals surface area contributed by atoms with Gasteiger partial charge in [-0.25, -0.2) is 4.98 Å². The van der Waals surface area contributed by atoms with Gasteiger partial charge >= 0.3 is 0 Å². The molecule has 29 heavy (non-hydrogen) atoms. The second kappa shape index (κ2) is 9.69. The minimum atomic E-state index is -0.188. The van der Waals surface area contributed by atoms with Crippen LogP contribution >= 0.6 is 0 Å². The van der Waals surface area contributed by atoms with Crippen molar-refractivity contribution < 1.29 is 9.59 Å². The lowest BCUT2D eigenvalue weighted by Crippen LogP contribution is -2.36. The van der Waals surface area contributed by atoms with Gasteiger partial charge in [-0.05, 0) is 63.5 Å². The van der Waals surface area contributed by atoms with Crippen LogP contribution < -0.4 is 10.6 Å². The molecule has 0 spiro atoms. The van der Waals surface area contributed by atoms with Crippen LogP contribution in [0.3, 0.4) is 0 Å². The number of hydrogen-bond acceptors (Lipinski definition) is 4. The molecule has 0 aliphatic carbocycles. The lowest BCUT2D eigenvalue weighted by molar-refractivity contribution is -0.120. The molecule has 2 heterocycles. The van der Waals surface area contributed by atoms with E-state index in [1.54, 1.807) is 6.20 Å². The largest absolute Gasteiger partial charge is 0.334 e. The van der Waals surface area contributed by atoms with Crippen LogP contribution in [0.15, 0.2) is 30.6 Å². The van der Waals surface area contributed by atoms with Crippen molar-refractivity contribution in [3.8, 4) is 0 Å². The smallest absolute Gasteiger partial charge is 0.238 e. The van der Waals surface area contributed by atoms with Crippen molar-refractivity contribution in [2.24, 2.45) is 5.92 Å². The number of imidazole rings is 1. The van der Waals surface area contributed by atoms with Gasteiger partial charge in [0.25, 0.3) is 0 Å². The first-order chi connectivity index (χ1) is 13.9. The number of carbonyl (C=O) groups excluding carboxylic acids is 2. The molecule has 1 aliphatic heterocycles. The Bertz CT molecular complexity index is 855. The van der Waals surface area contributed by atoms with Gasteiger partial charge in [-0.15, -0.1) is 0 Å². The summed E-state index contributed by atoms with van der Waals surface area (Å²) in [5.41, 5.74) is 2.44. The molecule has 0 bridgehead atoms. The summed E-state index contributed by atoms with van der Waals surface area (Å²) in [5.74, 6) is 0.674. The number of nitrogens with one attached hydrogen (secondary N) is 2. The Balaban J connectivity index is 1.53. The van der Waals surface area contributed by atoms with Crippen molar-refractivity contribution in [1.29, 1.82) is 0 Å². The van der Waals surface area contributed by atoms with E-state index in [1.165, 1.54) is 19.3 Å². The number of amides is 2. The third-order valence-corrected chi connectivity index (χ3v) is 5.43. The quantitative estimate of drug-likeness (QED) is 0.752. The minimum Gasteiger partial charge on any atom is -0.334 e. The SMILES string of the molecule is Cc1cc(NC(=O)[C@H](C)Cn2ccnc2C)ccc1NC(=O)CN1CCCCC1. The van der Waals surface area contributed by atoms with Crippen molar-refractivity contribution >= 4 is 23.2 Å². The Morgan fingerprint density at radius 3 is 2.55 bits per heavy atom. The first-order valence-electron chi connectivity index (χ1n) is 10.3. The fraction of sp³-hybridized carbons (Fsp3) is 0.500.